The molecule has 0 aromatic carbocycles. The fourth-order valence-corrected chi connectivity index (χ4v) is 16.5. The van der Waals surface area contributed by atoms with Crippen molar-refractivity contribution in [3.05, 3.63) is 36.0 Å². The molecule has 8 rings (SSSR count). The molecular weight excluding hydrogens is 673 g/mol. The maximum Gasteiger partial charge on any atom is 0.138 e. The lowest BCUT2D eigenvalue weighted by Crippen LogP contribution is -2.61. The molecule has 0 bridgehead atoms. The van der Waals surface area contributed by atoms with Gasteiger partial charge in [0.1, 0.15) is 5.78 Å². The second kappa shape index (κ2) is 14.8. The molecule has 6 saturated carbocycles. The maximum atomic E-state index is 13.9. The van der Waals surface area contributed by atoms with Crippen LogP contribution in [0.1, 0.15) is 178 Å². The molecule has 7 unspecified atom stereocenters. The molecule has 18 atom stereocenters. The fourth-order valence-electron chi connectivity index (χ4n) is 16.5. The highest BCUT2D eigenvalue weighted by Crippen LogP contribution is 2.75. The highest BCUT2D eigenvalue weighted by atomic mass is 16.5. The van der Waals surface area contributed by atoms with Crippen LogP contribution in [-0.4, -0.2) is 30.2 Å². The molecule has 8 aliphatic rings. The highest BCUT2D eigenvalue weighted by molar-refractivity contribution is 5.82. The zero-order chi connectivity index (χ0) is 39.2. The predicted octanol–water partition coefficient (Wildman–Crippen LogP) is 13.5. The topological polar surface area (TPSA) is 35.5 Å². The van der Waals surface area contributed by atoms with Crippen molar-refractivity contribution in [2.75, 3.05) is 0 Å². The van der Waals surface area contributed by atoms with Crippen LogP contribution in [0.15, 0.2) is 36.0 Å². The standard InChI is InChI=1S/C52H82O3/c1-31-12-13-39(22-31)45-16-20-52(11)47-15-18-49(8)30-40(14-19-50(49,9)46(47)17-21-51(45,52)10)55-42-26-35(5)44(48(53)29-42)28-41-25-34(4)43(37(7)54-41)27-38-23-32(2)36(6)33(3)24-38/h22,32-33,35-38,40-47H,1,4,12-21,23-30H2,2-3,5-11H3/t32-,33?,35-,36?,37+,38?,40-,41+,42+,43?,44?,45+,46?,47?,49+,50+,51+,52+/m0/s1. The van der Waals surface area contributed by atoms with Crippen LogP contribution in [0.3, 0.4) is 0 Å². The van der Waals surface area contributed by atoms with E-state index < -0.39 is 0 Å². The molecule has 1 aliphatic heterocycles. The van der Waals surface area contributed by atoms with Gasteiger partial charge in [-0.15, -0.1) is 0 Å². The van der Waals surface area contributed by atoms with Crippen LogP contribution < -0.4 is 0 Å². The predicted molar refractivity (Wildman–Crippen MR) is 227 cm³/mol. The van der Waals surface area contributed by atoms with E-state index in [9.17, 15) is 4.79 Å². The average Bonchev–Trinajstić information content (AvgIpc) is 3.66. The van der Waals surface area contributed by atoms with E-state index in [-0.39, 0.29) is 24.2 Å². The van der Waals surface area contributed by atoms with E-state index in [0.29, 0.717) is 51.8 Å². The van der Waals surface area contributed by atoms with Crippen molar-refractivity contribution in [2.45, 2.75) is 202 Å². The molecule has 0 amide bonds. The lowest BCUT2D eigenvalue weighted by molar-refractivity contribution is -0.205. The zero-order valence-corrected chi connectivity index (χ0v) is 37.0. The molecule has 0 aromatic heterocycles. The van der Waals surface area contributed by atoms with Crippen molar-refractivity contribution in [2.24, 2.45) is 80.8 Å². The Bertz CT molecular complexity index is 1510. The third-order valence-electron chi connectivity index (χ3n) is 20.6. The summed E-state index contributed by atoms with van der Waals surface area (Å²) >= 11 is 0. The first-order chi connectivity index (χ1) is 25.9. The summed E-state index contributed by atoms with van der Waals surface area (Å²) in [6.45, 7) is 31.7. The molecule has 3 heteroatoms. The van der Waals surface area contributed by atoms with Gasteiger partial charge in [-0.1, -0.05) is 91.3 Å². The van der Waals surface area contributed by atoms with E-state index >= 15 is 0 Å². The van der Waals surface area contributed by atoms with Gasteiger partial charge >= 0.3 is 0 Å². The number of carbonyl (C=O) groups is 1. The largest absolute Gasteiger partial charge is 0.375 e. The van der Waals surface area contributed by atoms with Gasteiger partial charge in [0.25, 0.3) is 0 Å². The number of ether oxygens (including phenoxy) is 2. The van der Waals surface area contributed by atoms with E-state index in [1.165, 1.54) is 94.6 Å². The molecular formula is C52H82O3. The molecule has 0 N–H and O–H groups in total. The summed E-state index contributed by atoms with van der Waals surface area (Å²) in [5.74, 6) is 6.97. The second-order valence-electron chi connectivity index (χ2n) is 23.2. The van der Waals surface area contributed by atoms with E-state index in [0.717, 1.165) is 67.1 Å². The number of Topliss-reactive ketones (excluding diaryl/α,β-unsaturated/α-hetero) is 1. The van der Waals surface area contributed by atoms with Gasteiger partial charge < -0.3 is 9.47 Å². The van der Waals surface area contributed by atoms with Crippen molar-refractivity contribution in [3.63, 3.8) is 0 Å². The molecule has 0 radical (unpaired) electrons. The van der Waals surface area contributed by atoms with Gasteiger partial charge in [0.15, 0.2) is 0 Å². The Labute approximate surface area is 338 Å². The molecule has 308 valence electrons. The Kier molecular flexibility index (Phi) is 10.9. The maximum absolute atomic E-state index is 13.9. The van der Waals surface area contributed by atoms with Crippen LogP contribution >= 0.6 is 0 Å². The van der Waals surface area contributed by atoms with Gasteiger partial charge in [-0.25, -0.2) is 0 Å². The first-order valence-corrected chi connectivity index (χ1v) is 23.8. The summed E-state index contributed by atoms with van der Waals surface area (Å²) in [5, 5.41) is 0. The summed E-state index contributed by atoms with van der Waals surface area (Å²) < 4.78 is 13.8. The fraction of sp³-hybridized carbons (Fsp3) is 0.865. The number of carbonyl (C=O) groups excluding carboxylic acids is 1. The Morgan fingerprint density at radius 1 is 0.727 bits per heavy atom. The van der Waals surface area contributed by atoms with Crippen LogP contribution in [0, 0.1) is 80.8 Å². The average molecular weight is 755 g/mol. The van der Waals surface area contributed by atoms with Crippen LogP contribution in [-0.2, 0) is 14.3 Å². The van der Waals surface area contributed by atoms with E-state index in [1.54, 1.807) is 5.57 Å². The van der Waals surface area contributed by atoms with Crippen LogP contribution in [0.2, 0.25) is 0 Å². The Balaban J connectivity index is 0.846. The Hall–Kier alpha value is -1.19. The molecule has 1 heterocycles. The smallest absolute Gasteiger partial charge is 0.138 e. The summed E-state index contributed by atoms with van der Waals surface area (Å²) in [5.41, 5.74) is 6.05. The van der Waals surface area contributed by atoms with Gasteiger partial charge in [0.05, 0.1) is 24.4 Å². The monoisotopic (exact) mass is 755 g/mol. The van der Waals surface area contributed by atoms with Gasteiger partial charge in [-0.3, -0.25) is 4.79 Å². The first kappa shape index (κ1) is 40.6. The minimum atomic E-state index is 0.0762. The molecule has 0 spiro atoms. The number of hydrogen-bond acceptors (Lipinski definition) is 3. The zero-order valence-electron chi connectivity index (χ0n) is 37.0. The summed E-state index contributed by atoms with van der Waals surface area (Å²) in [6.07, 6.45) is 24.9. The van der Waals surface area contributed by atoms with Crippen LogP contribution in [0.25, 0.3) is 0 Å². The lowest BCUT2D eigenvalue weighted by Gasteiger charge is -2.68. The van der Waals surface area contributed by atoms with Crippen molar-refractivity contribution >= 4 is 5.78 Å². The number of allylic oxidation sites excluding steroid dienone is 3. The van der Waals surface area contributed by atoms with Crippen molar-refractivity contribution < 1.29 is 14.3 Å². The molecule has 55 heavy (non-hydrogen) atoms. The quantitative estimate of drug-likeness (QED) is 0.243. The van der Waals surface area contributed by atoms with Crippen LogP contribution in [0.5, 0.6) is 0 Å². The minimum Gasteiger partial charge on any atom is -0.375 e. The first-order valence-electron chi connectivity index (χ1n) is 23.8. The summed E-state index contributed by atoms with van der Waals surface area (Å²) in [7, 11) is 0. The van der Waals surface area contributed by atoms with Crippen molar-refractivity contribution in [1.29, 1.82) is 0 Å². The highest BCUT2D eigenvalue weighted by Gasteiger charge is 2.68. The Morgan fingerprint density at radius 2 is 1.40 bits per heavy atom. The molecule has 1 saturated heterocycles. The minimum absolute atomic E-state index is 0.0762. The van der Waals surface area contributed by atoms with Gasteiger partial charge in [-0.05, 0) is 185 Å². The Morgan fingerprint density at radius 3 is 2.07 bits per heavy atom. The van der Waals surface area contributed by atoms with Gasteiger partial charge in [0, 0.05) is 18.3 Å². The number of hydrogen-bond donors (Lipinski definition) is 0. The van der Waals surface area contributed by atoms with Gasteiger partial charge in [-0.2, -0.15) is 0 Å². The van der Waals surface area contributed by atoms with E-state index in [1.807, 2.05) is 0 Å². The van der Waals surface area contributed by atoms with E-state index in [4.69, 9.17) is 9.47 Å². The van der Waals surface area contributed by atoms with Crippen LogP contribution in [0.4, 0.5) is 0 Å². The van der Waals surface area contributed by atoms with Crippen molar-refractivity contribution in [1.82, 2.24) is 0 Å². The number of fused-ring (bicyclic) bond motifs is 5. The molecule has 0 aromatic rings. The van der Waals surface area contributed by atoms with E-state index in [2.05, 4.69) is 81.5 Å². The third kappa shape index (κ3) is 6.88. The third-order valence-corrected chi connectivity index (χ3v) is 20.6. The van der Waals surface area contributed by atoms with Gasteiger partial charge in [0.2, 0.25) is 0 Å². The number of rotatable bonds is 7. The normalized spacial score (nSPS) is 53.0. The SMILES string of the molecule is C=C1C=C([C@H]2CC[C@]3(C)C4CC[C@]5(C)C[C@@H](O[C@H]6CC(=O)C(C[C@H]7CC(=C)C(CC8CC(C)C(C)[C@@H](C)C8)[C@@H](C)O7)[C@@H](C)C6)CC[C@]5(C)C4CC[C@]23C)CC1. The second-order valence-corrected chi connectivity index (χ2v) is 23.2. The summed E-state index contributed by atoms with van der Waals surface area (Å²) in [6, 6.07) is 0. The van der Waals surface area contributed by atoms with Crippen molar-refractivity contribution in [3.8, 4) is 0 Å². The molecule has 3 nitrogen and oxygen atoms in total. The summed E-state index contributed by atoms with van der Waals surface area (Å²) in [4.78, 5) is 13.9. The molecule has 7 aliphatic carbocycles. The molecule has 7 fully saturated rings. The lowest BCUT2D eigenvalue weighted by atomic mass is 9.37. The number of ketones is 1.